The van der Waals surface area contributed by atoms with E-state index < -0.39 is 11.4 Å². The summed E-state index contributed by atoms with van der Waals surface area (Å²) in [6.07, 6.45) is 0. The van der Waals surface area contributed by atoms with Crippen LogP contribution in [0, 0.1) is 41.5 Å². The Balaban J connectivity index is 0.00000704. The van der Waals surface area contributed by atoms with E-state index in [1.165, 1.54) is 122 Å². The summed E-state index contributed by atoms with van der Waals surface area (Å²) in [5.74, 6) is 0. The van der Waals surface area contributed by atoms with E-state index in [4.69, 9.17) is 0 Å². The minimum atomic E-state index is -3.81. The Kier molecular flexibility index (Phi) is 19.6. The van der Waals surface area contributed by atoms with E-state index in [0.717, 1.165) is 0 Å². The standard InChI is InChI=1S/C51H84N9Si.3ClH.Ti/c1-29-30(2)38(10)48(37(29)9)61(49-42(55(17)18)34(6)31(3)39(52(11)12)45(49)58(23)24,50-43(56(19)20)35(7)32(4)40(53(13)14)46(50)59(25)26)51-44(57(21)22)36(8)33(5)41(54(15)16)47(51)60(27)28;;;;/h1-28H3;3*1H;/q;;;;+3/p-3. The molecule has 1 aliphatic rings. The fourth-order valence-electron chi connectivity index (χ4n) is 11.4. The molecular weight excluding hydrogens is 921 g/mol. The molecule has 3 aromatic carbocycles. The predicted octanol–water partition coefficient (Wildman–Crippen LogP) is -1.46. The zero-order chi connectivity index (χ0) is 47.9. The summed E-state index contributed by atoms with van der Waals surface area (Å²) >= 11 is 2.67. The van der Waals surface area contributed by atoms with Gasteiger partial charge < -0.3 is 37.2 Å². The maximum atomic E-state index is 2.67. The van der Waals surface area contributed by atoms with Crippen molar-refractivity contribution in [1.29, 1.82) is 0 Å². The largest absolute Gasteiger partial charge is 1.00 e. The molecule has 0 heterocycles. The van der Waals surface area contributed by atoms with Gasteiger partial charge >= 0.3 is 394 Å². The summed E-state index contributed by atoms with van der Waals surface area (Å²) in [6.45, 7) is 23.9. The van der Waals surface area contributed by atoms with Crippen LogP contribution < -0.4 is 96.9 Å². The van der Waals surface area contributed by atoms with Gasteiger partial charge in [0.2, 0.25) is 0 Å². The SMILES string of the molecule is CC1=C(C)[C]([Ti+3])([Si](c2c(N(C)C)c(C)c(C)c(N(C)C)c2N(C)C)(c2c(N(C)C)c(C)c(C)c(N(C)C)c2N(C)C)c2c(N(C)C)c(C)c(C)c(N(C)C)c2N(C)C)C(C)=C1C.[Cl-].[Cl-].[Cl-]. The van der Waals surface area contributed by atoms with Crippen molar-refractivity contribution >= 4 is 74.8 Å². The Morgan fingerprint density at radius 1 is 0.277 bits per heavy atom. The number of halogens is 3. The van der Waals surface area contributed by atoms with E-state index in [0.29, 0.717) is 0 Å². The molecule has 0 unspecified atom stereocenters. The number of hydrogen-bond donors (Lipinski definition) is 0. The summed E-state index contributed by atoms with van der Waals surface area (Å²) in [5, 5.41) is 4.34. The Bertz CT molecular complexity index is 2110. The van der Waals surface area contributed by atoms with Crippen molar-refractivity contribution < 1.29 is 57.7 Å². The first kappa shape index (κ1) is 60.2. The molecule has 0 saturated carbocycles. The van der Waals surface area contributed by atoms with Crippen molar-refractivity contribution in [2.24, 2.45) is 0 Å². The van der Waals surface area contributed by atoms with Gasteiger partial charge in [0, 0.05) is 0 Å². The van der Waals surface area contributed by atoms with Gasteiger partial charge in [-0.25, -0.2) is 0 Å². The molecule has 9 nitrogen and oxygen atoms in total. The van der Waals surface area contributed by atoms with Gasteiger partial charge in [-0.05, 0) is 0 Å². The van der Waals surface area contributed by atoms with Crippen LogP contribution in [0.5, 0.6) is 0 Å². The number of nitrogens with zero attached hydrogens (tertiary/aromatic N) is 9. The second-order valence-electron chi connectivity index (χ2n) is 20.1. The van der Waals surface area contributed by atoms with Gasteiger partial charge in [-0.1, -0.05) is 0 Å². The Morgan fingerprint density at radius 2 is 0.431 bits per heavy atom. The first-order valence-electron chi connectivity index (χ1n) is 22.1. The molecule has 0 amide bonds. The third kappa shape index (κ3) is 8.77. The van der Waals surface area contributed by atoms with Crippen LogP contribution in [-0.2, 0) is 20.4 Å². The van der Waals surface area contributed by atoms with Crippen molar-refractivity contribution in [3.63, 3.8) is 0 Å². The van der Waals surface area contributed by atoms with E-state index in [2.05, 4.69) is 261 Å². The summed E-state index contributed by atoms with van der Waals surface area (Å²) in [5.41, 5.74) is 25.2. The first-order chi connectivity index (χ1) is 28.4. The van der Waals surface area contributed by atoms with E-state index >= 15 is 0 Å². The number of benzene rings is 3. The van der Waals surface area contributed by atoms with Crippen LogP contribution >= 0.6 is 0 Å². The summed E-state index contributed by atoms with van der Waals surface area (Å²) in [6, 6.07) is 0. The smallest absolute Gasteiger partial charge is 1.00 e. The molecule has 1 aliphatic carbocycles. The second kappa shape index (κ2) is 21.2. The van der Waals surface area contributed by atoms with Gasteiger partial charge in [0.05, 0.1) is 0 Å². The minimum Gasteiger partial charge on any atom is -1.00 e. The first-order valence-corrected chi connectivity index (χ1v) is 24.8. The maximum Gasteiger partial charge on any atom is -1.00 e. The van der Waals surface area contributed by atoms with Crippen LogP contribution in [-0.4, -0.2) is 135 Å². The van der Waals surface area contributed by atoms with Crippen LogP contribution in [0.25, 0.3) is 0 Å². The van der Waals surface area contributed by atoms with Crippen LogP contribution in [0.1, 0.15) is 61.1 Å². The van der Waals surface area contributed by atoms with Gasteiger partial charge in [0.1, 0.15) is 0 Å². The molecule has 0 bridgehead atoms. The van der Waals surface area contributed by atoms with E-state index in [1.54, 1.807) is 0 Å². The number of anilines is 9. The zero-order valence-electron chi connectivity index (χ0n) is 45.7. The van der Waals surface area contributed by atoms with Crippen molar-refractivity contribution in [3.8, 4) is 0 Å². The molecular formula is C51H84Cl3N9SiTi. The molecule has 4 rings (SSSR count). The number of rotatable bonds is 13. The Morgan fingerprint density at radius 3 is 0.585 bits per heavy atom. The Hall–Kier alpha value is -2.86. The van der Waals surface area contributed by atoms with Crippen molar-refractivity contribution in [2.45, 2.75) is 72.6 Å². The molecule has 0 spiro atoms. The van der Waals surface area contributed by atoms with E-state index in [1.807, 2.05) is 0 Å². The molecule has 65 heavy (non-hydrogen) atoms. The van der Waals surface area contributed by atoms with Crippen LogP contribution in [0.15, 0.2) is 22.3 Å². The summed E-state index contributed by atoms with van der Waals surface area (Å²) in [4.78, 5) is 21.9. The molecule has 14 heteroatoms. The van der Waals surface area contributed by atoms with Gasteiger partial charge in [-0.15, -0.1) is 0 Å². The van der Waals surface area contributed by atoms with Gasteiger partial charge in [-0.3, -0.25) is 0 Å². The molecule has 0 aromatic heterocycles. The molecule has 0 atom stereocenters. The van der Waals surface area contributed by atoms with Crippen molar-refractivity contribution in [1.82, 2.24) is 0 Å². The molecule has 3 aromatic rings. The summed E-state index contributed by atoms with van der Waals surface area (Å²) in [7, 11) is 37.1. The molecule has 0 aliphatic heterocycles. The monoisotopic (exact) mass is 1000 g/mol. The van der Waals surface area contributed by atoms with Crippen molar-refractivity contribution in [3.05, 3.63) is 55.7 Å². The quantitative estimate of drug-likeness (QED) is 0.151. The van der Waals surface area contributed by atoms with E-state index in [-0.39, 0.29) is 37.2 Å². The average molecular weight is 1010 g/mol. The molecule has 362 valence electrons. The van der Waals surface area contributed by atoms with Gasteiger partial charge in [-0.2, -0.15) is 0 Å². The van der Waals surface area contributed by atoms with E-state index in [9.17, 15) is 0 Å². The number of hydrogen-bond acceptors (Lipinski definition) is 9. The second-order valence-corrected chi connectivity index (χ2v) is 25.8. The molecule has 0 fully saturated rings. The normalized spacial score (nSPS) is 13.3. The molecule has 0 radical (unpaired) electrons. The van der Waals surface area contributed by atoms with Gasteiger partial charge in [0.25, 0.3) is 0 Å². The molecule has 0 saturated heterocycles. The number of allylic oxidation sites excluding steroid dienone is 4. The minimum absolute atomic E-state index is 0. The third-order valence-corrected chi connectivity index (χ3v) is 22.9. The van der Waals surface area contributed by atoms with Crippen LogP contribution in [0.4, 0.5) is 51.2 Å². The van der Waals surface area contributed by atoms with Crippen LogP contribution in [0.2, 0.25) is 3.34 Å². The summed E-state index contributed by atoms with van der Waals surface area (Å²) < 4.78 is -0.483. The Labute approximate surface area is 428 Å². The topological polar surface area (TPSA) is 29.2 Å². The average Bonchev–Trinajstić information content (AvgIpc) is 3.29. The molecule has 0 N–H and O–H groups in total. The van der Waals surface area contributed by atoms with Crippen molar-refractivity contribution in [2.75, 3.05) is 171 Å². The van der Waals surface area contributed by atoms with Crippen LogP contribution in [0.3, 0.4) is 0 Å². The fourth-order valence-corrected chi connectivity index (χ4v) is 21.6. The van der Waals surface area contributed by atoms with Gasteiger partial charge in [0.15, 0.2) is 0 Å². The zero-order valence-corrected chi connectivity index (χ0v) is 50.5. The maximum absolute atomic E-state index is 3.81. The predicted molar refractivity (Wildman–Crippen MR) is 281 cm³/mol. The fraction of sp³-hybridized carbons (Fsp3) is 0.569. The third-order valence-electron chi connectivity index (χ3n) is 14.4.